The van der Waals surface area contributed by atoms with Crippen LogP contribution < -0.4 is 0 Å². The molecule has 2 rings (SSSR count). The summed E-state index contributed by atoms with van der Waals surface area (Å²) in [4.78, 5) is 0. The maximum atomic E-state index is 13.8. The molecule has 1 aliphatic carbocycles. The summed E-state index contributed by atoms with van der Waals surface area (Å²) in [7, 11) is 1.63. The molecule has 0 aliphatic heterocycles. The minimum atomic E-state index is -0.687. The average molecular weight is 287 g/mol. The lowest BCUT2D eigenvalue weighted by atomic mass is 9.78. The third kappa shape index (κ3) is 3.28. The summed E-state index contributed by atoms with van der Waals surface area (Å²) in [5.74, 6) is -0.367. The van der Waals surface area contributed by atoms with E-state index >= 15 is 0 Å². The molecule has 1 aromatic rings. The molecule has 1 saturated carbocycles. The largest absolute Gasteiger partial charge is 0.390 e. The fourth-order valence-electron chi connectivity index (χ4n) is 2.91. The summed E-state index contributed by atoms with van der Waals surface area (Å²) < 4.78 is 19.3. The van der Waals surface area contributed by atoms with Crippen LogP contribution in [-0.4, -0.2) is 23.9 Å². The van der Waals surface area contributed by atoms with Gasteiger partial charge >= 0.3 is 0 Å². The van der Waals surface area contributed by atoms with Crippen molar-refractivity contribution in [2.45, 2.75) is 50.2 Å². The number of methoxy groups -OCH3 is 1. The molecule has 4 heteroatoms. The van der Waals surface area contributed by atoms with Gasteiger partial charge in [-0.25, -0.2) is 4.39 Å². The minimum absolute atomic E-state index is 0.261. The Morgan fingerprint density at radius 2 is 2.05 bits per heavy atom. The van der Waals surface area contributed by atoms with Crippen LogP contribution in [0.1, 0.15) is 37.7 Å². The summed E-state index contributed by atoms with van der Waals surface area (Å²) in [6.45, 7) is 0. The molecule has 1 aliphatic rings. The molecule has 0 aromatic heterocycles. The summed E-state index contributed by atoms with van der Waals surface area (Å²) in [6.07, 6.45) is 4.51. The van der Waals surface area contributed by atoms with Crippen molar-refractivity contribution in [2.75, 3.05) is 7.11 Å². The molecule has 1 atom stereocenters. The molecule has 106 valence electrons. The highest BCUT2D eigenvalue weighted by atomic mass is 35.5. The van der Waals surface area contributed by atoms with E-state index in [0.717, 1.165) is 25.7 Å². The predicted molar refractivity (Wildman–Crippen MR) is 73.9 cm³/mol. The second-order valence-corrected chi connectivity index (χ2v) is 5.72. The number of aliphatic hydroxyl groups excluding tert-OH is 1. The van der Waals surface area contributed by atoms with Gasteiger partial charge < -0.3 is 9.84 Å². The number of benzene rings is 1. The maximum Gasteiger partial charge on any atom is 0.127 e. The van der Waals surface area contributed by atoms with Crippen LogP contribution in [0.15, 0.2) is 18.2 Å². The van der Waals surface area contributed by atoms with Crippen molar-refractivity contribution in [3.8, 4) is 0 Å². The highest BCUT2D eigenvalue weighted by molar-refractivity contribution is 6.30. The summed E-state index contributed by atoms with van der Waals surface area (Å²) in [5.41, 5.74) is -0.0384. The third-order valence-electron chi connectivity index (χ3n) is 4.14. The number of hydrogen-bond acceptors (Lipinski definition) is 2. The maximum absolute atomic E-state index is 13.8. The number of aliphatic hydroxyl groups is 1. The van der Waals surface area contributed by atoms with Gasteiger partial charge in [0.15, 0.2) is 0 Å². The van der Waals surface area contributed by atoms with Crippen molar-refractivity contribution in [1.29, 1.82) is 0 Å². The smallest absolute Gasteiger partial charge is 0.127 e. The van der Waals surface area contributed by atoms with E-state index in [1.54, 1.807) is 19.2 Å². The van der Waals surface area contributed by atoms with E-state index in [1.165, 1.54) is 12.5 Å². The van der Waals surface area contributed by atoms with E-state index in [0.29, 0.717) is 10.6 Å². The molecule has 0 radical (unpaired) electrons. The zero-order chi connectivity index (χ0) is 13.9. The van der Waals surface area contributed by atoms with E-state index in [4.69, 9.17) is 16.3 Å². The number of rotatable bonds is 4. The molecule has 1 unspecified atom stereocenters. The van der Waals surface area contributed by atoms with Crippen LogP contribution in [0.25, 0.3) is 0 Å². The summed E-state index contributed by atoms with van der Waals surface area (Å²) >= 11 is 5.73. The lowest BCUT2D eigenvalue weighted by molar-refractivity contribution is -0.122. The van der Waals surface area contributed by atoms with Crippen molar-refractivity contribution in [3.05, 3.63) is 34.6 Å². The second-order valence-electron chi connectivity index (χ2n) is 5.29. The molecule has 0 bridgehead atoms. The Labute approximate surface area is 118 Å². The molecule has 0 amide bonds. The molecule has 1 aromatic carbocycles. The predicted octanol–water partition coefficient (Wildman–Crippen LogP) is 3.73. The molecule has 2 nitrogen and oxygen atoms in total. The fourth-order valence-corrected chi connectivity index (χ4v) is 3.06. The first kappa shape index (κ1) is 14.8. The normalized spacial score (nSPS) is 20.2. The highest BCUT2D eigenvalue weighted by Gasteiger charge is 2.39. The first-order chi connectivity index (χ1) is 9.07. The van der Waals surface area contributed by atoms with Crippen LogP contribution in [0.3, 0.4) is 0 Å². The standard InChI is InChI=1S/C15H20ClFO2/c1-19-15(7-3-2-4-8-15)14(18)9-11-5-6-12(16)10-13(11)17/h5-6,10,14,18H,2-4,7-9H2,1H3. The number of ether oxygens (including phenoxy) is 1. The molecule has 19 heavy (non-hydrogen) atoms. The lowest BCUT2D eigenvalue weighted by Crippen LogP contribution is -2.47. The van der Waals surface area contributed by atoms with Gasteiger partial charge in [0.05, 0.1) is 11.7 Å². The van der Waals surface area contributed by atoms with Crippen LogP contribution >= 0.6 is 11.6 Å². The van der Waals surface area contributed by atoms with Gasteiger partial charge in [0, 0.05) is 18.6 Å². The van der Waals surface area contributed by atoms with Gasteiger partial charge in [-0.3, -0.25) is 0 Å². The van der Waals surface area contributed by atoms with Gasteiger partial charge in [0.1, 0.15) is 5.82 Å². The Kier molecular flexibility index (Phi) is 4.82. The zero-order valence-corrected chi connectivity index (χ0v) is 11.9. The fraction of sp³-hybridized carbons (Fsp3) is 0.600. The zero-order valence-electron chi connectivity index (χ0n) is 11.2. The topological polar surface area (TPSA) is 29.5 Å². The van der Waals surface area contributed by atoms with Crippen LogP contribution in [0.4, 0.5) is 4.39 Å². The van der Waals surface area contributed by atoms with Crippen molar-refractivity contribution >= 4 is 11.6 Å². The molecular weight excluding hydrogens is 267 g/mol. The highest BCUT2D eigenvalue weighted by Crippen LogP contribution is 2.35. The molecule has 1 N–H and O–H groups in total. The molecule has 1 fully saturated rings. The van der Waals surface area contributed by atoms with Gasteiger partial charge in [-0.05, 0) is 30.5 Å². The van der Waals surface area contributed by atoms with Gasteiger partial charge in [-0.1, -0.05) is 36.9 Å². The van der Waals surface area contributed by atoms with Crippen LogP contribution in [-0.2, 0) is 11.2 Å². The van der Waals surface area contributed by atoms with Gasteiger partial charge in [0.2, 0.25) is 0 Å². The van der Waals surface area contributed by atoms with E-state index < -0.39 is 11.7 Å². The molecule has 0 heterocycles. The molecular formula is C15H20ClFO2. The first-order valence-corrected chi connectivity index (χ1v) is 7.12. The number of hydrogen-bond donors (Lipinski definition) is 1. The Morgan fingerprint density at radius 1 is 1.37 bits per heavy atom. The summed E-state index contributed by atoms with van der Waals surface area (Å²) in [5, 5.41) is 10.8. The second kappa shape index (κ2) is 6.21. The van der Waals surface area contributed by atoms with Gasteiger partial charge in [0.25, 0.3) is 0 Å². The lowest BCUT2D eigenvalue weighted by Gasteiger charge is -2.40. The monoisotopic (exact) mass is 286 g/mol. The SMILES string of the molecule is COC1(C(O)Cc2ccc(Cl)cc2F)CCCCC1. The third-order valence-corrected chi connectivity index (χ3v) is 4.38. The Hall–Kier alpha value is -0.640. The van der Waals surface area contributed by atoms with E-state index in [2.05, 4.69) is 0 Å². The van der Waals surface area contributed by atoms with E-state index in [1.807, 2.05) is 0 Å². The van der Waals surface area contributed by atoms with Crippen LogP contribution in [0.2, 0.25) is 5.02 Å². The van der Waals surface area contributed by atoms with Crippen molar-refractivity contribution in [1.82, 2.24) is 0 Å². The van der Waals surface area contributed by atoms with Gasteiger partial charge in [-0.2, -0.15) is 0 Å². The van der Waals surface area contributed by atoms with Gasteiger partial charge in [-0.15, -0.1) is 0 Å². The molecule has 0 saturated heterocycles. The van der Waals surface area contributed by atoms with Crippen LogP contribution in [0.5, 0.6) is 0 Å². The Bertz CT molecular complexity index is 430. The van der Waals surface area contributed by atoms with Crippen LogP contribution in [0, 0.1) is 5.82 Å². The van der Waals surface area contributed by atoms with Crippen molar-refractivity contribution in [3.63, 3.8) is 0 Å². The summed E-state index contributed by atoms with van der Waals surface area (Å²) in [6, 6.07) is 4.56. The Morgan fingerprint density at radius 3 is 2.63 bits per heavy atom. The van der Waals surface area contributed by atoms with E-state index in [-0.39, 0.29) is 12.2 Å². The van der Waals surface area contributed by atoms with E-state index in [9.17, 15) is 9.50 Å². The molecule has 0 spiro atoms. The average Bonchev–Trinajstić information content (AvgIpc) is 2.42. The number of halogens is 2. The quantitative estimate of drug-likeness (QED) is 0.914. The Balaban J connectivity index is 2.12. The van der Waals surface area contributed by atoms with Crippen molar-refractivity contribution in [2.24, 2.45) is 0 Å². The minimum Gasteiger partial charge on any atom is -0.390 e. The van der Waals surface area contributed by atoms with Crippen molar-refractivity contribution < 1.29 is 14.2 Å². The first-order valence-electron chi connectivity index (χ1n) is 6.74.